The highest BCUT2D eigenvalue weighted by Crippen LogP contribution is 2.27. The van der Waals surface area contributed by atoms with E-state index in [4.69, 9.17) is 12.2 Å². The van der Waals surface area contributed by atoms with E-state index in [1.54, 1.807) is 0 Å². The van der Waals surface area contributed by atoms with E-state index in [0.717, 1.165) is 15.0 Å². The highest BCUT2D eigenvalue weighted by atomic mass is 32.1. The van der Waals surface area contributed by atoms with Crippen molar-refractivity contribution in [2.45, 2.75) is 38.6 Å². The highest BCUT2D eigenvalue weighted by Gasteiger charge is 2.21. The molecule has 2 N–H and O–H groups in total. The molecule has 0 aromatic carbocycles. The van der Waals surface area contributed by atoms with Crippen molar-refractivity contribution in [2.24, 2.45) is 5.92 Å². The molecule has 0 radical (unpaired) electrons. The van der Waals surface area contributed by atoms with Gasteiger partial charge in [-0.1, -0.05) is 31.1 Å². The number of nitrogens with zero attached hydrogens (tertiary/aromatic N) is 1. The molecule has 1 aromatic rings. The fourth-order valence-electron chi connectivity index (χ4n) is 1.98. The van der Waals surface area contributed by atoms with E-state index in [0.29, 0.717) is 6.04 Å². The summed E-state index contributed by atoms with van der Waals surface area (Å²) in [6.45, 7) is 2.31. The third kappa shape index (κ3) is 2.33. The number of rotatable bonds is 2. The summed E-state index contributed by atoms with van der Waals surface area (Å²) < 4.78 is 0.746. The van der Waals surface area contributed by atoms with Crippen LogP contribution in [0.3, 0.4) is 0 Å². The Kier molecular flexibility index (Phi) is 3.18. The lowest BCUT2D eigenvalue weighted by atomic mass is 9.86. The normalized spacial score (nSPS) is 27.5. The third-order valence-electron chi connectivity index (χ3n) is 2.86. The minimum atomic E-state index is 0.581. The number of aromatic amines is 1. The van der Waals surface area contributed by atoms with Gasteiger partial charge in [0.15, 0.2) is 3.95 Å². The van der Waals surface area contributed by atoms with Crippen molar-refractivity contribution >= 4 is 28.7 Å². The molecule has 0 spiro atoms. The molecule has 1 aliphatic carbocycles. The topological polar surface area (TPSA) is 40.7 Å². The zero-order valence-corrected chi connectivity index (χ0v) is 9.88. The number of aromatic nitrogens is 2. The molecule has 3 nitrogen and oxygen atoms in total. The van der Waals surface area contributed by atoms with E-state index in [1.807, 2.05) is 0 Å². The van der Waals surface area contributed by atoms with Gasteiger partial charge in [0.05, 0.1) is 0 Å². The molecule has 0 saturated heterocycles. The van der Waals surface area contributed by atoms with Crippen LogP contribution in [0.4, 0.5) is 5.13 Å². The molecule has 1 aliphatic rings. The van der Waals surface area contributed by atoms with Crippen molar-refractivity contribution in [1.29, 1.82) is 0 Å². The molecule has 14 heavy (non-hydrogen) atoms. The smallest absolute Gasteiger partial charge is 0.204 e. The fraction of sp³-hybridized carbons (Fsp3) is 0.778. The lowest BCUT2D eigenvalue weighted by Gasteiger charge is -2.29. The number of hydrogen-bond donors (Lipinski definition) is 2. The van der Waals surface area contributed by atoms with Crippen molar-refractivity contribution < 1.29 is 0 Å². The second-order valence-electron chi connectivity index (χ2n) is 3.93. The van der Waals surface area contributed by atoms with Crippen molar-refractivity contribution in [3.8, 4) is 0 Å². The summed E-state index contributed by atoms with van der Waals surface area (Å²) in [6.07, 6.45) is 5.29. The molecular weight excluding hydrogens is 214 g/mol. The molecule has 1 saturated carbocycles. The maximum atomic E-state index is 4.99. The van der Waals surface area contributed by atoms with Crippen molar-refractivity contribution in [2.75, 3.05) is 5.32 Å². The van der Waals surface area contributed by atoms with Crippen molar-refractivity contribution in [3.05, 3.63) is 3.95 Å². The van der Waals surface area contributed by atoms with Crippen LogP contribution in [0.25, 0.3) is 0 Å². The second-order valence-corrected chi connectivity index (χ2v) is 5.60. The van der Waals surface area contributed by atoms with Gasteiger partial charge in [-0.3, -0.25) is 5.10 Å². The molecule has 0 amide bonds. The average Bonchev–Trinajstić information content (AvgIpc) is 2.56. The maximum absolute atomic E-state index is 4.99. The van der Waals surface area contributed by atoms with E-state index < -0.39 is 0 Å². The summed E-state index contributed by atoms with van der Waals surface area (Å²) in [5.41, 5.74) is 0. The summed E-state index contributed by atoms with van der Waals surface area (Å²) in [7, 11) is 0. The predicted molar refractivity (Wildman–Crippen MR) is 62.3 cm³/mol. The van der Waals surface area contributed by atoms with Crippen LogP contribution in [0.2, 0.25) is 0 Å². The fourth-order valence-corrected chi connectivity index (χ4v) is 2.83. The average molecular weight is 229 g/mol. The van der Waals surface area contributed by atoms with Gasteiger partial charge in [-0.25, -0.2) is 0 Å². The van der Waals surface area contributed by atoms with E-state index in [9.17, 15) is 0 Å². The quantitative estimate of drug-likeness (QED) is 0.765. The van der Waals surface area contributed by atoms with Crippen LogP contribution >= 0.6 is 23.6 Å². The Morgan fingerprint density at radius 3 is 2.93 bits per heavy atom. The van der Waals surface area contributed by atoms with Gasteiger partial charge in [0.25, 0.3) is 0 Å². The summed E-state index contributed by atoms with van der Waals surface area (Å²) >= 11 is 6.51. The Morgan fingerprint density at radius 2 is 2.29 bits per heavy atom. The largest absolute Gasteiger partial charge is 0.357 e. The number of H-pyrrole nitrogens is 1. The van der Waals surface area contributed by atoms with Crippen molar-refractivity contribution in [3.63, 3.8) is 0 Å². The maximum Gasteiger partial charge on any atom is 0.204 e. The number of nitrogens with one attached hydrogen (secondary N) is 2. The first-order valence-electron chi connectivity index (χ1n) is 5.08. The highest BCUT2D eigenvalue weighted by molar-refractivity contribution is 7.73. The van der Waals surface area contributed by atoms with Gasteiger partial charge >= 0.3 is 0 Å². The van der Waals surface area contributed by atoms with Gasteiger partial charge in [0.1, 0.15) is 0 Å². The number of hydrogen-bond acceptors (Lipinski definition) is 4. The standard InChI is InChI=1S/C9H15N3S2/c1-6-4-2-3-5-7(6)10-8-11-12-9(13)14-8/h6-7H,2-5H2,1H3,(H,10,11)(H,12,13)/t6-,7+/m1/s1. The summed E-state index contributed by atoms with van der Waals surface area (Å²) in [5, 5.41) is 11.3. The predicted octanol–water partition coefficient (Wildman–Crippen LogP) is 3.19. The van der Waals surface area contributed by atoms with E-state index in [2.05, 4.69) is 22.4 Å². The van der Waals surface area contributed by atoms with Crippen LogP contribution < -0.4 is 5.32 Å². The molecule has 2 atom stereocenters. The SMILES string of the molecule is C[C@@H]1CCCC[C@@H]1Nc1n[nH]c(=S)s1. The first kappa shape index (κ1) is 10.1. The molecule has 0 unspecified atom stereocenters. The molecule has 0 aliphatic heterocycles. The summed E-state index contributed by atoms with van der Waals surface area (Å²) in [5.74, 6) is 0.751. The Labute approximate surface area is 92.9 Å². The third-order valence-corrected chi connectivity index (χ3v) is 3.88. The molecule has 1 heterocycles. The molecule has 1 fully saturated rings. The zero-order valence-electron chi connectivity index (χ0n) is 8.25. The second kappa shape index (κ2) is 4.40. The van der Waals surface area contributed by atoms with Crippen LogP contribution in [0.1, 0.15) is 32.6 Å². The first-order chi connectivity index (χ1) is 6.75. The van der Waals surface area contributed by atoms with E-state index in [1.165, 1.54) is 37.0 Å². The van der Waals surface area contributed by atoms with Gasteiger partial charge in [-0.2, -0.15) is 0 Å². The zero-order chi connectivity index (χ0) is 9.97. The summed E-state index contributed by atoms with van der Waals surface area (Å²) in [6, 6.07) is 0.581. The molecule has 5 heteroatoms. The van der Waals surface area contributed by atoms with Crippen LogP contribution in [0.5, 0.6) is 0 Å². The molecule has 2 rings (SSSR count). The van der Waals surface area contributed by atoms with Crippen LogP contribution in [0, 0.1) is 9.87 Å². The lowest BCUT2D eigenvalue weighted by molar-refractivity contribution is 0.349. The first-order valence-corrected chi connectivity index (χ1v) is 6.30. The number of anilines is 1. The molecule has 0 bridgehead atoms. The Balaban J connectivity index is 1.99. The van der Waals surface area contributed by atoms with Gasteiger partial charge in [-0.05, 0) is 31.0 Å². The van der Waals surface area contributed by atoms with Gasteiger partial charge < -0.3 is 5.32 Å². The van der Waals surface area contributed by atoms with Gasteiger partial charge in [0.2, 0.25) is 5.13 Å². The summed E-state index contributed by atoms with van der Waals surface area (Å²) in [4.78, 5) is 0. The Morgan fingerprint density at radius 1 is 1.50 bits per heavy atom. The van der Waals surface area contributed by atoms with Crippen LogP contribution in [-0.4, -0.2) is 16.2 Å². The van der Waals surface area contributed by atoms with Crippen molar-refractivity contribution in [1.82, 2.24) is 10.2 Å². The lowest BCUT2D eigenvalue weighted by Crippen LogP contribution is -2.30. The Bertz CT molecular complexity index is 344. The Hall–Kier alpha value is -0.420. The molecule has 1 aromatic heterocycles. The van der Waals surface area contributed by atoms with Crippen LogP contribution in [-0.2, 0) is 0 Å². The minimum Gasteiger partial charge on any atom is -0.357 e. The van der Waals surface area contributed by atoms with Gasteiger partial charge in [-0.15, -0.1) is 5.10 Å². The van der Waals surface area contributed by atoms with E-state index in [-0.39, 0.29) is 0 Å². The molecule has 78 valence electrons. The van der Waals surface area contributed by atoms with Crippen LogP contribution in [0.15, 0.2) is 0 Å². The molecular formula is C9H15N3S2. The van der Waals surface area contributed by atoms with E-state index >= 15 is 0 Å². The van der Waals surface area contributed by atoms with Gasteiger partial charge in [0, 0.05) is 6.04 Å². The minimum absolute atomic E-state index is 0.581. The monoisotopic (exact) mass is 229 g/mol.